The number of ether oxygens (including phenoxy) is 1. The third kappa shape index (κ3) is 4.63. The zero-order valence-electron chi connectivity index (χ0n) is 9.40. The molecule has 0 aromatic heterocycles. The third-order valence-electron chi connectivity index (χ3n) is 2.17. The van der Waals surface area contributed by atoms with Gasteiger partial charge in [0.1, 0.15) is 0 Å². The molecule has 0 saturated carbocycles. The summed E-state index contributed by atoms with van der Waals surface area (Å²) in [5.41, 5.74) is 1.29. The standard InChI is InChI=1S/C13H18O2/c1-11(2)13(14)15-10-6-9-12-7-4-3-5-8-12/h3-5,7-8,11H,6,9-10H2,1-2H3/i13-1. The van der Waals surface area contributed by atoms with Crippen molar-refractivity contribution in [2.45, 2.75) is 26.7 Å². The third-order valence-corrected chi connectivity index (χ3v) is 2.17. The van der Waals surface area contributed by atoms with E-state index in [-0.39, 0.29) is 11.9 Å². The van der Waals surface area contributed by atoms with Gasteiger partial charge in [-0.3, -0.25) is 4.79 Å². The van der Waals surface area contributed by atoms with Crippen LogP contribution in [0.25, 0.3) is 0 Å². The van der Waals surface area contributed by atoms with E-state index in [0.29, 0.717) is 6.61 Å². The van der Waals surface area contributed by atoms with Gasteiger partial charge >= 0.3 is 5.97 Å². The summed E-state index contributed by atoms with van der Waals surface area (Å²) in [6.07, 6.45) is 1.86. The maximum atomic E-state index is 11.1. The zero-order chi connectivity index (χ0) is 11.1. The molecule has 2 heteroatoms. The van der Waals surface area contributed by atoms with Gasteiger partial charge in [-0.15, -0.1) is 0 Å². The second kappa shape index (κ2) is 6.23. The summed E-state index contributed by atoms with van der Waals surface area (Å²) in [6, 6.07) is 10.2. The smallest absolute Gasteiger partial charge is 0.308 e. The molecule has 2 nitrogen and oxygen atoms in total. The molecule has 0 radical (unpaired) electrons. The molecule has 0 unspecified atom stereocenters. The summed E-state index contributed by atoms with van der Waals surface area (Å²) in [5.74, 6) is -0.134. The first-order valence-electron chi connectivity index (χ1n) is 5.40. The molecule has 0 aliphatic rings. The molecule has 0 saturated heterocycles. The number of hydrogen-bond donors (Lipinski definition) is 0. The average Bonchev–Trinajstić information content (AvgIpc) is 2.25. The molecule has 0 atom stereocenters. The summed E-state index contributed by atoms with van der Waals surface area (Å²) >= 11 is 0. The van der Waals surface area contributed by atoms with Gasteiger partial charge in [0.2, 0.25) is 0 Å². The Morgan fingerprint density at radius 3 is 2.53 bits per heavy atom. The van der Waals surface area contributed by atoms with E-state index in [2.05, 4.69) is 12.1 Å². The van der Waals surface area contributed by atoms with E-state index in [1.54, 1.807) is 0 Å². The maximum absolute atomic E-state index is 11.1. The molecule has 1 aromatic carbocycles. The lowest BCUT2D eigenvalue weighted by Crippen LogP contribution is -2.12. The molecule has 0 N–H and O–H groups in total. The molecule has 0 fully saturated rings. The van der Waals surface area contributed by atoms with Crippen LogP contribution in [0, 0.1) is 5.92 Å². The van der Waals surface area contributed by atoms with Gasteiger partial charge < -0.3 is 4.74 Å². The number of hydrogen-bond acceptors (Lipinski definition) is 2. The quantitative estimate of drug-likeness (QED) is 0.545. The molecule has 1 aromatic rings. The molecular formula is C13H18O2. The highest BCUT2D eigenvalue weighted by Crippen LogP contribution is 2.03. The Labute approximate surface area is 91.3 Å². The number of benzene rings is 1. The molecule has 1 rings (SSSR count). The van der Waals surface area contributed by atoms with E-state index >= 15 is 0 Å². The highest BCUT2D eigenvalue weighted by molar-refractivity contribution is 5.71. The molecule has 0 aliphatic carbocycles. The summed E-state index contributed by atoms with van der Waals surface area (Å²) in [5, 5.41) is 0. The van der Waals surface area contributed by atoms with Crippen molar-refractivity contribution in [1.82, 2.24) is 0 Å². The zero-order valence-corrected chi connectivity index (χ0v) is 9.40. The van der Waals surface area contributed by atoms with E-state index in [0.717, 1.165) is 12.8 Å². The Hall–Kier alpha value is -1.31. The minimum Gasteiger partial charge on any atom is -0.465 e. The van der Waals surface area contributed by atoms with Crippen LogP contribution in [0.4, 0.5) is 0 Å². The second-order valence-electron chi connectivity index (χ2n) is 3.91. The fraction of sp³-hybridized carbons (Fsp3) is 0.462. The lowest BCUT2D eigenvalue weighted by atomic mass is 9.89. The molecule has 0 amide bonds. The minimum atomic E-state index is -0.108. The number of carbonyl (C=O) groups excluding carboxylic acids is 1. The van der Waals surface area contributed by atoms with Crippen LogP contribution in [0.15, 0.2) is 30.3 Å². The number of carbonyl (C=O) groups is 1. The van der Waals surface area contributed by atoms with Crippen LogP contribution >= 0.6 is 0 Å². The Bertz CT molecular complexity index is 291. The molecular weight excluding hydrogens is 187 g/mol. The number of aryl methyl sites for hydroxylation is 1. The van der Waals surface area contributed by atoms with Gasteiger partial charge in [0.05, 0.1) is 12.5 Å². The molecule has 0 spiro atoms. The van der Waals surface area contributed by atoms with Crippen LogP contribution in [0.5, 0.6) is 0 Å². The van der Waals surface area contributed by atoms with Gasteiger partial charge in [-0.1, -0.05) is 44.2 Å². The summed E-state index contributed by atoms with van der Waals surface area (Å²) in [7, 11) is 0. The van der Waals surface area contributed by atoms with Crippen molar-refractivity contribution >= 4 is 5.97 Å². The van der Waals surface area contributed by atoms with Crippen molar-refractivity contribution < 1.29 is 9.53 Å². The van der Waals surface area contributed by atoms with Crippen molar-refractivity contribution in [2.75, 3.05) is 6.61 Å². The first-order chi connectivity index (χ1) is 7.20. The van der Waals surface area contributed by atoms with Crippen molar-refractivity contribution in [1.29, 1.82) is 0 Å². The minimum absolute atomic E-state index is 0.0262. The van der Waals surface area contributed by atoms with E-state index in [1.807, 2.05) is 32.0 Å². The molecule has 0 bridgehead atoms. The van der Waals surface area contributed by atoms with Crippen molar-refractivity contribution in [3.05, 3.63) is 35.9 Å². The van der Waals surface area contributed by atoms with Gasteiger partial charge in [0, 0.05) is 0 Å². The van der Waals surface area contributed by atoms with Crippen molar-refractivity contribution in [3.63, 3.8) is 0 Å². The van der Waals surface area contributed by atoms with Crippen molar-refractivity contribution in [2.24, 2.45) is 5.92 Å². The predicted octanol–water partition coefficient (Wildman–Crippen LogP) is 2.82. The van der Waals surface area contributed by atoms with Gasteiger partial charge in [0.25, 0.3) is 0 Å². The second-order valence-corrected chi connectivity index (χ2v) is 3.91. The maximum Gasteiger partial charge on any atom is 0.308 e. The Morgan fingerprint density at radius 1 is 1.27 bits per heavy atom. The van der Waals surface area contributed by atoms with Crippen LogP contribution in [0.3, 0.4) is 0 Å². The number of rotatable bonds is 5. The molecule has 15 heavy (non-hydrogen) atoms. The van der Waals surface area contributed by atoms with Crippen LogP contribution < -0.4 is 0 Å². The van der Waals surface area contributed by atoms with Gasteiger partial charge in [-0.05, 0) is 18.4 Å². The Morgan fingerprint density at radius 2 is 1.93 bits per heavy atom. The predicted molar refractivity (Wildman–Crippen MR) is 60.6 cm³/mol. The molecule has 0 aliphatic heterocycles. The van der Waals surface area contributed by atoms with Crippen LogP contribution in [-0.4, -0.2) is 12.6 Å². The normalized spacial score (nSPS) is 10.3. The average molecular weight is 205 g/mol. The number of esters is 1. The van der Waals surface area contributed by atoms with Gasteiger partial charge in [-0.2, -0.15) is 0 Å². The van der Waals surface area contributed by atoms with E-state index in [9.17, 15) is 4.79 Å². The Balaban J connectivity index is 2.15. The lowest BCUT2D eigenvalue weighted by molar-refractivity contribution is -0.147. The highest BCUT2D eigenvalue weighted by atomic mass is 16.5. The van der Waals surface area contributed by atoms with E-state index in [1.165, 1.54) is 5.56 Å². The first-order valence-corrected chi connectivity index (χ1v) is 5.40. The van der Waals surface area contributed by atoms with Crippen LogP contribution in [-0.2, 0) is 16.0 Å². The molecule has 0 heterocycles. The van der Waals surface area contributed by atoms with E-state index in [4.69, 9.17) is 4.74 Å². The SMILES string of the molecule is CC(C)[11C](=O)OCCCc1ccccc1. The fourth-order valence-corrected chi connectivity index (χ4v) is 1.26. The van der Waals surface area contributed by atoms with E-state index < -0.39 is 0 Å². The Kier molecular flexibility index (Phi) is 4.88. The first kappa shape index (κ1) is 11.8. The van der Waals surface area contributed by atoms with Crippen molar-refractivity contribution in [3.8, 4) is 0 Å². The van der Waals surface area contributed by atoms with Gasteiger partial charge in [0.15, 0.2) is 0 Å². The van der Waals surface area contributed by atoms with Gasteiger partial charge in [-0.25, -0.2) is 0 Å². The summed E-state index contributed by atoms with van der Waals surface area (Å²) < 4.78 is 5.09. The largest absolute Gasteiger partial charge is 0.465 e. The summed E-state index contributed by atoms with van der Waals surface area (Å²) in [6.45, 7) is 4.21. The summed E-state index contributed by atoms with van der Waals surface area (Å²) in [4.78, 5) is 11.1. The topological polar surface area (TPSA) is 26.3 Å². The van der Waals surface area contributed by atoms with Crippen LogP contribution in [0.1, 0.15) is 25.8 Å². The highest BCUT2D eigenvalue weighted by Gasteiger charge is 2.06. The molecule has 82 valence electrons. The fourth-order valence-electron chi connectivity index (χ4n) is 1.26. The monoisotopic (exact) mass is 205 g/mol. The van der Waals surface area contributed by atoms with Crippen LogP contribution in [0.2, 0.25) is 0 Å². The lowest BCUT2D eigenvalue weighted by Gasteiger charge is -2.06.